The summed E-state index contributed by atoms with van der Waals surface area (Å²) in [5.41, 5.74) is 5.03. The molecule has 3 aromatic heterocycles. The molecular formula is C19H19N5O. The summed E-state index contributed by atoms with van der Waals surface area (Å²) >= 11 is 0. The van der Waals surface area contributed by atoms with Crippen LogP contribution in [-0.2, 0) is 13.0 Å². The first-order valence-electron chi connectivity index (χ1n) is 8.44. The van der Waals surface area contributed by atoms with Gasteiger partial charge in [0.05, 0.1) is 11.9 Å². The molecule has 4 rings (SSSR count). The van der Waals surface area contributed by atoms with Crippen molar-refractivity contribution in [3.05, 3.63) is 64.8 Å². The first-order chi connectivity index (χ1) is 12.2. The molecule has 0 saturated heterocycles. The van der Waals surface area contributed by atoms with E-state index in [1.807, 2.05) is 48.1 Å². The molecule has 0 aliphatic rings. The lowest BCUT2D eigenvalue weighted by Crippen LogP contribution is -2.14. The van der Waals surface area contributed by atoms with E-state index in [0.717, 1.165) is 35.3 Å². The third-order valence-corrected chi connectivity index (χ3v) is 4.36. The van der Waals surface area contributed by atoms with Crippen molar-refractivity contribution in [2.24, 2.45) is 0 Å². The fraction of sp³-hybridized carbons (Fsp3) is 0.211. The van der Waals surface area contributed by atoms with Crippen molar-refractivity contribution in [3.8, 4) is 22.4 Å². The average molecular weight is 333 g/mol. The van der Waals surface area contributed by atoms with Gasteiger partial charge in [0.2, 0.25) is 0 Å². The molecule has 126 valence electrons. The number of hydrogen-bond acceptors (Lipinski definition) is 3. The lowest BCUT2D eigenvalue weighted by Gasteiger charge is -2.02. The Labute approximate surface area is 144 Å². The fourth-order valence-corrected chi connectivity index (χ4v) is 3.06. The van der Waals surface area contributed by atoms with Gasteiger partial charge >= 0.3 is 0 Å². The van der Waals surface area contributed by atoms with Gasteiger partial charge in [-0.05, 0) is 18.9 Å². The van der Waals surface area contributed by atoms with E-state index in [0.29, 0.717) is 11.3 Å². The maximum Gasteiger partial charge on any atom is 0.273 e. The van der Waals surface area contributed by atoms with Crippen LogP contribution < -0.4 is 5.56 Å². The zero-order valence-electron chi connectivity index (χ0n) is 14.2. The molecule has 0 fully saturated rings. The van der Waals surface area contributed by atoms with Crippen LogP contribution in [0.1, 0.15) is 19.5 Å². The number of aryl methyl sites for hydroxylation is 2. The minimum absolute atomic E-state index is 0.124. The summed E-state index contributed by atoms with van der Waals surface area (Å²) in [6.45, 7) is 4.87. The second-order valence-corrected chi connectivity index (χ2v) is 5.91. The van der Waals surface area contributed by atoms with Gasteiger partial charge in [-0.25, -0.2) is 9.50 Å². The third-order valence-electron chi connectivity index (χ3n) is 4.36. The summed E-state index contributed by atoms with van der Waals surface area (Å²) in [5, 5.41) is 7.48. The van der Waals surface area contributed by atoms with Crippen LogP contribution >= 0.6 is 0 Å². The third kappa shape index (κ3) is 2.55. The molecule has 0 radical (unpaired) electrons. The van der Waals surface area contributed by atoms with Gasteiger partial charge in [-0.2, -0.15) is 5.10 Å². The van der Waals surface area contributed by atoms with E-state index in [-0.39, 0.29) is 5.56 Å². The number of hydrogen-bond donors (Lipinski definition) is 1. The largest absolute Gasteiger partial charge is 0.293 e. The summed E-state index contributed by atoms with van der Waals surface area (Å²) in [4.78, 5) is 17.4. The predicted molar refractivity (Wildman–Crippen MR) is 97.5 cm³/mol. The van der Waals surface area contributed by atoms with Crippen molar-refractivity contribution in [1.82, 2.24) is 24.4 Å². The minimum Gasteiger partial charge on any atom is -0.293 e. The zero-order valence-corrected chi connectivity index (χ0v) is 14.2. The quantitative estimate of drug-likeness (QED) is 0.624. The Balaban J connectivity index is 1.99. The van der Waals surface area contributed by atoms with E-state index < -0.39 is 0 Å². The number of fused-ring (bicyclic) bond motifs is 1. The second-order valence-electron chi connectivity index (χ2n) is 5.91. The summed E-state index contributed by atoms with van der Waals surface area (Å²) in [6, 6.07) is 11.6. The van der Waals surface area contributed by atoms with E-state index in [4.69, 9.17) is 4.98 Å². The van der Waals surface area contributed by atoms with Gasteiger partial charge in [-0.3, -0.25) is 14.6 Å². The van der Waals surface area contributed by atoms with Crippen molar-refractivity contribution in [1.29, 1.82) is 0 Å². The van der Waals surface area contributed by atoms with E-state index in [9.17, 15) is 4.79 Å². The Morgan fingerprint density at radius 1 is 1.12 bits per heavy atom. The summed E-state index contributed by atoms with van der Waals surface area (Å²) in [6.07, 6.45) is 4.45. The molecule has 0 saturated carbocycles. The smallest absolute Gasteiger partial charge is 0.273 e. The van der Waals surface area contributed by atoms with Gasteiger partial charge < -0.3 is 0 Å². The Bertz CT molecular complexity index is 1090. The predicted octanol–water partition coefficient (Wildman–Crippen LogP) is 3.14. The van der Waals surface area contributed by atoms with Crippen LogP contribution in [0.4, 0.5) is 0 Å². The van der Waals surface area contributed by atoms with Crippen molar-refractivity contribution in [3.63, 3.8) is 0 Å². The average Bonchev–Trinajstić information content (AvgIpc) is 3.27. The highest BCUT2D eigenvalue weighted by molar-refractivity contribution is 5.81. The van der Waals surface area contributed by atoms with E-state index in [1.54, 1.807) is 12.3 Å². The Kier molecular flexibility index (Phi) is 3.72. The molecule has 25 heavy (non-hydrogen) atoms. The molecule has 4 aromatic rings. The number of benzene rings is 1. The van der Waals surface area contributed by atoms with Crippen LogP contribution in [-0.4, -0.2) is 24.4 Å². The maximum atomic E-state index is 12.6. The van der Waals surface area contributed by atoms with Gasteiger partial charge in [0, 0.05) is 35.6 Å². The molecule has 3 heterocycles. The highest BCUT2D eigenvalue weighted by Crippen LogP contribution is 2.28. The standard InChI is InChI=1S/C19H19N5O/c1-3-15-18(13-8-6-5-7-9-13)19-21-16(10-17(25)24(19)22-15)14-11-20-23(4-2)12-14/h5-12,22H,3-4H2,1-2H3. The molecule has 0 amide bonds. The van der Waals surface area contributed by atoms with E-state index in [2.05, 4.69) is 17.1 Å². The molecule has 0 atom stereocenters. The van der Waals surface area contributed by atoms with Crippen molar-refractivity contribution >= 4 is 5.65 Å². The normalized spacial score (nSPS) is 11.3. The molecule has 0 aliphatic carbocycles. The van der Waals surface area contributed by atoms with Crippen LogP contribution in [0, 0.1) is 0 Å². The number of nitrogens with one attached hydrogen (secondary N) is 1. The minimum atomic E-state index is -0.124. The number of nitrogens with zero attached hydrogens (tertiary/aromatic N) is 4. The SMILES string of the molecule is CCc1[nH]n2c(=O)cc(-c3cnn(CC)c3)nc2c1-c1ccccc1. The van der Waals surface area contributed by atoms with Gasteiger partial charge in [-0.1, -0.05) is 37.3 Å². The summed E-state index contributed by atoms with van der Waals surface area (Å²) < 4.78 is 3.35. The number of aromatic nitrogens is 5. The summed E-state index contributed by atoms with van der Waals surface area (Å²) in [5.74, 6) is 0. The Morgan fingerprint density at radius 2 is 1.92 bits per heavy atom. The van der Waals surface area contributed by atoms with Gasteiger partial charge in [0.15, 0.2) is 5.65 Å². The topological polar surface area (TPSA) is 68.0 Å². The fourth-order valence-electron chi connectivity index (χ4n) is 3.06. The van der Waals surface area contributed by atoms with Crippen molar-refractivity contribution < 1.29 is 0 Å². The molecule has 0 bridgehead atoms. The van der Waals surface area contributed by atoms with Crippen LogP contribution in [0.15, 0.2) is 53.6 Å². The van der Waals surface area contributed by atoms with Gasteiger partial charge in [0.1, 0.15) is 0 Å². The lowest BCUT2D eigenvalue weighted by atomic mass is 10.0. The zero-order chi connectivity index (χ0) is 17.4. The number of H-pyrrole nitrogens is 1. The van der Waals surface area contributed by atoms with E-state index >= 15 is 0 Å². The van der Waals surface area contributed by atoms with Crippen LogP contribution in [0.5, 0.6) is 0 Å². The molecule has 0 unspecified atom stereocenters. The highest BCUT2D eigenvalue weighted by Gasteiger charge is 2.16. The Morgan fingerprint density at radius 3 is 2.60 bits per heavy atom. The lowest BCUT2D eigenvalue weighted by molar-refractivity contribution is 0.660. The van der Waals surface area contributed by atoms with Gasteiger partial charge in [-0.15, -0.1) is 0 Å². The monoisotopic (exact) mass is 333 g/mol. The number of aromatic amines is 1. The van der Waals surface area contributed by atoms with Crippen molar-refractivity contribution in [2.75, 3.05) is 0 Å². The first kappa shape index (κ1) is 15.4. The van der Waals surface area contributed by atoms with Crippen molar-refractivity contribution in [2.45, 2.75) is 26.8 Å². The molecule has 1 N–H and O–H groups in total. The second kappa shape index (κ2) is 6.05. The molecule has 1 aromatic carbocycles. The Hall–Kier alpha value is -3.15. The van der Waals surface area contributed by atoms with Crippen LogP contribution in [0.3, 0.4) is 0 Å². The molecule has 6 heteroatoms. The molecule has 0 aliphatic heterocycles. The van der Waals surface area contributed by atoms with Gasteiger partial charge in [0.25, 0.3) is 5.56 Å². The maximum absolute atomic E-state index is 12.6. The molecular weight excluding hydrogens is 314 g/mol. The summed E-state index contributed by atoms with van der Waals surface area (Å²) in [7, 11) is 0. The molecule has 6 nitrogen and oxygen atoms in total. The first-order valence-corrected chi connectivity index (χ1v) is 8.44. The van der Waals surface area contributed by atoms with Crippen LogP contribution in [0.2, 0.25) is 0 Å². The van der Waals surface area contributed by atoms with E-state index in [1.165, 1.54) is 4.52 Å². The number of rotatable bonds is 4. The van der Waals surface area contributed by atoms with Crippen LogP contribution in [0.25, 0.3) is 28.0 Å². The molecule has 0 spiro atoms. The highest BCUT2D eigenvalue weighted by atomic mass is 16.1.